The maximum atomic E-state index is 12.4. The Kier molecular flexibility index (Phi) is 4.44. The molecular weight excluding hydrogens is 344 g/mol. The first-order chi connectivity index (χ1) is 12.0. The van der Waals surface area contributed by atoms with Crippen LogP contribution in [0.1, 0.15) is 20.7 Å². The highest BCUT2D eigenvalue weighted by atomic mass is 32.1. The summed E-state index contributed by atoms with van der Waals surface area (Å²) in [4.78, 5) is 34.7. The fourth-order valence-corrected chi connectivity index (χ4v) is 3.43. The number of esters is 1. The summed E-state index contributed by atoms with van der Waals surface area (Å²) in [5.74, 6) is -1.01. The number of carbonyl (C=O) groups is 2. The summed E-state index contributed by atoms with van der Waals surface area (Å²) in [5.41, 5.74) is 0.436. The standard InChI is InChI=1S/C17H12N2O5S/c1-24-17(21)14-12-4-2-3-5-13(12)25-16(14)18-15(20)10-6-8-11(9-7-10)19(22)23/h2-9H,1H3,(H,18,20). The molecule has 0 saturated heterocycles. The van der Waals surface area contributed by atoms with E-state index in [9.17, 15) is 19.7 Å². The van der Waals surface area contributed by atoms with Crippen LogP contribution in [-0.2, 0) is 4.74 Å². The third-order valence-electron chi connectivity index (χ3n) is 3.55. The average molecular weight is 356 g/mol. The molecule has 0 unspecified atom stereocenters. The van der Waals surface area contributed by atoms with E-state index in [2.05, 4.69) is 5.32 Å². The molecule has 8 heteroatoms. The molecule has 0 radical (unpaired) electrons. The molecule has 0 aliphatic rings. The summed E-state index contributed by atoms with van der Waals surface area (Å²) in [5, 5.41) is 14.4. The number of carbonyl (C=O) groups excluding carboxylic acids is 2. The number of nitro benzene ring substituents is 1. The molecule has 3 aromatic rings. The van der Waals surface area contributed by atoms with Crippen molar-refractivity contribution in [1.82, 2.24) is 0 Å². The third-order valence-corrected chi connectivity index (χ3v) is 4.64. The molecular formula is C17H12N2O5S. The largest absolute Gasteiger partial charge is 0.465 e. The van der Waals surface area contributed by atoms with Gasteiger partial charge in [-0.05, 0) is 18.2 Å². The van der Waals surface area contributed by atoms with Crippen molar-refractivity contribution < 1.29 is 19.2 Å². The van der Waals surface area contributed by atoms with Crippen LogP contribution in [0.2, 0.25) is 0 Å². The molecule has 0 spiro atoms. The van der Waals surface area contributed by atoms with Crippen LogP contribution in [0.15, 0.2) is 48.5 Å². The molecule has 0 bridgehead atoms. The number of nitrogens with one attached hydrogen (secondary N) is 1. The van der Waals surface area contributed by atoms with Crippen LogP contribution in [0.25, 0.3) is 10.1 Å². The molecule has 25 heavy (non-hydrogen) atoms. The number of benzene rings is 2. The lowest BCUT2D eigenvalue weighted by molar-refractivity contribution is -0.384. The summed E-state index contributed by atoms with van der Waals surface area (Å²) in [6, 6.07) is 12.5. The normalized spacial score (nSPS) is 10.4. The Labute approximate surface area is 146 Å². The molecule has 126 valence electrons. The van der Waals surface area contributed by atoms with E-state index in [-0.39, 0.29) is 11.3 Å². The van der Waals surface area contributed by atoms with Crippen LogP contribution in [0.3, 0.4) is 0 Å². The van der Waals surface area contributed by atoms with Crippen LogP contribution in [0.4, 0.5) is 10.7 Å². The van der Waals surface area contributed by atoms with Gasteiger partial charge in [0.25, 0.3) is 11.6 Å². The summed E-state index contributed by atoms with van der Waals surface area (Å²) < 4.78 is 5.65. The SMILES string of the molecule is COC(=O)c1c(NC(=O)c2ccc([N+](=O)[O-])cc2)sc2ccccc12. The molecule has 0 aliphatic heterocycles. The predicted molar refractivity (Wildman–Crippen MR) is 94.2 cm³/mol. The molecule has 1 aromatic heterocycles. The Morgan fingerprint density at radius 2 is 1.80 bits per heavy atom. The maximum Gasteiger partial charge on any atom is 0.341 e. The number of non-ortho nitro benzene ring substituents is 1. The van der Waals surface area contributed by atoms with Gasteiger partial charge in [-0.3, -0.25) is 14.9 Å². The van der Waals surface area contributed by atoms with E-state index < -0.39 is 16.8 Å². The van der Waals surface area contributed by atoms with Crippen LogP contribution in [-0.4, -0.2) is 23.9 Å². The van der Waals surface area contributed by atoms with E-state index in [1.54, 1.807) is 12.1 Å². The number of fused-ring (bicyclic) bond motifs is 1. The van der Waals surface area contributed by atoms with Crippen molar-refractivity contribution in [3.63, 3.8) is 0 Å². The van der Waals surface area contributed by atoms with E-state index >= 15 is 0 Å². The monoisotopic (exact) mass is 356 g/mol. The molecule has 0 atom stereocenters. The van der Waals surface area contributed by atoms with Crippen LogP contribution >= 0.6 is 11.3 Å². The minimum atomic E-state index is -0.545. The third kappa shape index (κ3) is 3.20. The topological polar surface area (TPSA) is 98.5 Å². The van der Waals surface area contributed by atoms with Crippen molar-refractivity contribution in [1.29, 1.82) is 0 Å². The zero-order valence-corrected chi connectivity index (χ0v) is 13.8. The summed E-state index contributed by atoms with van der Waals surface area (Å²) in [6.07, 6.45) is 0. The highest BCUT2D eigenvalue weighted by molar-refractivity contribution is 7.23. The van der Waals surface area contributed by atoms with Crippen molar-refractivity contribution in [3.8, 4) is 0 Å². The van der Waals surface area contributed by atoms with Gasteiger partial charge in [-0.1, -0.05) is 18.2 Å². The van der Waals surface area contributed by atoms with Gasteiger partial charge in [-0.25, -0.2) is 4.79 Å². The number of hydrogen-bond acceptors (Lipinski definition) is 6. The molecule has 3 rings (SSSR count). The van der Waals surface area contributed by atoms with Gasteiger partial charge in [0.15, 0.2) is 0 Å². The number of amides is 1. The first-order valence-corrected chi connectivity index (χ1v) is 7.98. The van der Waals surface area contributed by atoms with E-state index in [1.807, 2.05) is 12.1 Å². The molecule has 1 N–H and O–H groups in total. The van der Waals surface area contributed by atoms with E-state index in [0.717, 1.165) is 4.70 Å². The minimum absolute atomic E-state index is 0.103. The second kappa shape index (κ2) is 6.70. The minimum Gasteiger partial charge on any atom is -0.465 e. The van der Waals surface area contributed by atoms with E-state index in [1.165, 1.54) is 42.7 Å². The number of anilines is 1. The Bertz CT molecular complexity index is 978. The second-order valence-electron chi connectivity index (χ2n) is 5.05. The Morgan fingerprint density at radius 1 is 1.12 bits per heavy atom. The molecule has 7 nitrogen and oxygen atoms in total. The van der Waals surface area contributed by atoms with Crippen molar-refractivity contribution in [2.75, 3.05) is 12.4 Å². The number of nitrogens with zero attached hydrogens (tertiary/aromatic N) is 1. The fourth-order valence-electron chi connectivity index (χ4n) is 2.35. The first-order valence-electron chi connectivity index (χ1n) is 7.17. The summed E-state index contributed by atoms with van der Waals surface area (Å²) in [6.45, 7) is 0. The smallest absolute Gasteiger partial charge is 0.341 e. The molecule has 1 heterocycles. The lowest BCUT2D eigenvalue weighted by atomic mass is 10.1. The van der Waals surface area contributed by atoms with Crippen LogP contribution in [0, 0.1) is 10.1 Å². The van der Waals surface area contributed by atoms with Crippen LogP contribution < -0.4 is 5.32 Å². The second-order valence-corrected chi connectivity index (χ2v) is 6.10. The summed E-state index contributed by atoms with van der Waals surface area (Å²) in [7, 11) is 1.27. The number of ether oxygens (including phenoxy) is 1. The van der Waals surface area contributed by atoms with Gasteiger partial charge in [0.2, 0.25) is 0 Å². The van der Waals surface area contributed by atoms with Gasteiger partial charge in [0.05, 0.1) is 12.0 Å². The average Bonchev–Trinajstić information content (AvgIpc) is 2.98. The predicted octanol–water partition coefficient (Wildman–Crippen LogP) is 3.85. The van der Waals surface area contributed by atoms with Crippen molar-refractivity contribution in [2.24, 2.45) is 0 Å². The Balaban J connectivity index is 1.95. The lowest BCUT2D eigenvalue weighted by Crippen LogP contribution is -2.13. The molecule has 0 saturated carbocycles. The first kappa shape index (κ1) is 16.6. The van der Waals surface area contributed by atoms with Gasteiger partial charge in [-0.2, -0.15) is 0 Å². The summed E-state index contributed by atoms with van der Waals surface area (Å²) >= 11 is 1.26. The number of rotatable bonds is 4. The van der Waals surface area contributed by atoms with Crippen molar-refractivity contribution in [2.45, 2.75) is 0 Å². The maximum absolute atomic E-state index is 12.4. The Morgan fingerprint density at radius 3 is 2.44 bits per heavy atom. The Hall–Kier alpha value is -3.26. The number of hydrogen-bond donors (Lipinski definition) is 1. The zero-order chi connectivity index (χ0) is 18.0. The van der Waals surface area contributed by atoms with Gasteiger partial charge in [-0.15, -0.1) is 11.3 Å². The number of nitro groups is 1. The van der Waals surface area contributed by atoms with Gasteiger partial charge in [0.1, 0.15) is 10.6 Å². The molecule has 0 fully saturated rings. The van der Waals surface area contributed by atoms with Crippen molar-refractivity contribution >= 4 is 44.0 Å². The van der Waals surface area contributed by atoms with Crippen molar-refractivity contribution in [3.05, 3.63) is 69.8 Å². The molecule has 2 aromatic carbocycles. The lowest BCUT2D eigenvalue weighted by Gasteiger charge is -2.05. The molecule has 0 aliphatic carbocycles. The highest BCUT2D eigenvalue weighted by Gasteiger charge is 2.21. The molecule has 1 amide bonds. The van der Waals surface area contributed by atoms with Gasteiger partial charge in [0, 0.05) is 27.8 Å². The quantitative estimate of drug-likeness (QED) is 0.435. The van der Waals surface area contributed by atoms with Gasteiger partial charge >= 0.3 is 5.97 Å². The van der Waals surface area contributed by atoms with Crippen LogP contribution in [0.5, 0.6) is 0 Å². The fraction of sp³-hybridized carbons (Fsp3) is 0.0588. The zero-order valence-electron chi connectivity index (χ0n) is 13.0. The number of thiophene rings is 1. The van der Waals surface area contributed by atoms with E-state index in [4.69, 9.17) is 4.74 Å². The van der Waals surface area contributed by atoms with E-state index in [0.29, 0.717) is 16.0 Å². The van der Waals surface area contributed by atoms with Gasteiger partial charge < -0.3 is 10.1 Å². The highest BCUT2D eigenvalue weighted by Crippen LogP contribution is 2.36. The number of methoxy groups -OCH3 is 1.